The number of aliphatic hydroxyl groups is 4. The molecule has 4 rings (SSSR count). The van der Waals surface area contributed by atoms with E-state index in [9.17, 15) is 28.9 Å². The molecule has 7 unspecified atom stereocenters. The van der Waals surface area contributed by atoms with Crippen LogP contribution in [0.25, 0.3) is 0 Å². The average molecular weight is 749 g/mol. The highest BCUT2D eigenvalue weighted by molar-refractivity contribution is 7.51. The van der Waals surface area contributed by atoms with Crippen molar-refractivity contribution in [3.8, 4) is 23.7 Å². The number of hydrogen-bond donors (Lipinski definition) is 9. The highest BCUT2D eigenvalue weighted by Gasteiger charge is 2.36. The van der Waals surface area contributed by atoms with Gasteiger partial charge in [0.2, 0.25) is 0 Å². The van der Waals surface area contributed by atoms with Gasteiger partial charge < -0.3 is 60.6 Å². The summed E-state index contributed by atoms with van der Waals surface area (Å²) in [6, 6.07) is 0. The summed E-state index contributed by atoms with van der Waals surface area (Å²) in [7, 11) is -8.08. The van der Waals surface area contributed by atoms with Gasteiger partial charge in [0.25, 0.3) is 0 Å². The molecule has 0 spiro atoms. The second-order valence-corrected chi connectivity index (χ2v) is 13.9. The maximum absolute atomic E-state index is 12.0. The number of aromatic nitrogens is 4. The van der Waals surface area contributed by atoms with Gasteiger partial charge in [0, 0.05) is 44.7 Å². The third-order valence-electron chi connectivity index (χ3n) is 6.84. The summed E-state index contributed by atoms with van der Waals surface area (Å²) in [5.74, 6) is 10.5. The zero-order valence-electron chi connectivity index (χ0n) is 26.5. The predicted molar refractivity (Wildman–Crippen MR) is 172 cm³/mol. The molecular weight excluding hydrogens is 710 g/mol. The maximum Gasteiger partial charge on any atom is 0.469 e. The first kappa shape index (κ1) is 40.9. The summed E-state index contributed by atoms with van der Waals surface area (Å²) >= 11 is 0. The van der Waals surface area contributed by atoms with Crippen LogP contribution in [-0.4, -0.2) is 112 Å². The molecule has 276 valence electrons. The zero-order valence-corrected chi connectivity index (χ0v) is 28.3. The quantitative estimate of drug-likeness (QED) is 0.0681. The van der Waals surface area contributed by atoms with Gasteiger partial charge in [-0.25, -0.2) is 14.2 Å². The minimum absolute atomic E-state index is 0.0227. The molecular formula is C27H38N6O15P2. The molecule has 21 nitrogen and oxygen atoms in total. The van der Waals surface area contributed by atoms with Crippen LogP contribution < -0.4 is 22.8 Å². The highest BCUT2D eigenvalue weighted by atomic mass is 31.2. The van der Waals surface area contributed by atoms with Crippen molar-refractivity contribution >= 4 is 27.1 Å². The number of anilines is 2. The fourth-order valence-corrected chi connectivity index (χ4v) is 5.22. The lowest BCUT2D eigenvalue weighted by Gasteiger charge is -2.15. The number of rotatable bonds is 10. The lowest BCUT2D eigenvalue weighted by molar-refractivity contribution is -0.0458. The number of hydrogen-bond acceptors (Lipinski definition) is 16. The number of phosphoric ester groups is 1. The van der Waals surface area contributed by atoms with E-state index in [4.69, 9.17) is 50.4 Å². The van der Waals surface area contributed by atoms with Gasteiger partial charge in [-0.3, -0.25) is 18.2 Å². The van der Waals surface area contributed by atoms with E-state index < -0.39 is 63.7 Å². The number of phosphoric acid groups is 1. The van der Waals surface area contributed by atoms with Gasteiger partial charge in [-0.15, -0.1) is 0 Å². The topological polar surface area (TPSA) is 334 Å². The molecule has 4 heterocycles. The van der Waals surface area contributed by atoms with Gasteiger partial charge in [-0.1, -0.05) is 23.7 Å². The summed E-state index contributed by atoms with van der Waals surface area (Å²) in [5, 5.41) is 37.7. The molecule has 0 saturated carbocycles. The van der Waals surface area contributed by atoms with E-state index in [-0.39, 0.29) is 74.9 Å². The molecule has 2 saturated heterocycles. The molecule has 0 aromatic carbocycles. The monoisotopic (exact) mass is 748 g/mol. The summed E-state index contributed by atoms with van der Waals surface area (Å²) < 4.78 is 43.5. The van der Waals surface area contributed by atoms with Crippen LogP contribution in [0.4, 0.5) is 11.6 Å². The number of nitrogens with zero attached hydrogens (tertiary/aromatic N) is 4. The van der Waals surface area contributed by atoms with Crippen molar-refractivity contribution in [2.45, 2.75) is 62.6 Å². The molecule has 11 N–H and O–H groups in total. The van der Waals surface area contributed by atoms with E-state index in [1.807, 2.05) is 0 Å². The normalized spacial score (nSPS) is 24.2. The molecule has 7 atom stereocenters. The Kier molecular flexibility index (Phi) is 14.8. The average Bonchev–Trinajstić information content (AvgIpc) is 3.59. The Morgan fingerprint density at radius 3 is 1.56 bits per heavy atom. The van der Waals surface area contributed by atoms with Crippen LogP contribution >= 0.6 is 15.4 Å². The van der Waals surface area contributed by atoms with Crippen molar-refractivity contribution in [1.82, 2.24) is 19.1 Å². The van der Waals surface area contributed by atoms with E-state index in [0.717, 1.165) is 15.8 Å². The highest BCUT2D eigenvalue weighted by Crippen LogP contribution is 2.36. The van der Waals surface area contributed by atoms with E-state index in [1.54, 1.807) is 0 Å². The number of nitrogens with two attached hydrogens (primary N) is 2. The van der Waals surface area contributed by atoms with Crippen molar-refractivity contribution in [3.05, 3.63) is 44.5 Å². The van der Waals surface area contributed by atoms with Crippen LogP contribution in [-0.2, 0) is 27.7 Å². The number of ether oxygens (including phenoxy) is 2. The van der Waals surface area contributed by atoms with Crippen LogP contribution in [0.1, 0.15) is 49.3 Å². The Labute approximate surface area is 284 Å². The maximum atomic E-state index is 12.0. The molecule has 2 aromatic heterocycles. The minimum Gasteiger partial charge on any atom is -0.394 e. The molecule has 0 radical (unpaired) electrons. The Hall–Kier alpha value is -3.50. The zero-order chi connectivity index (χ0) is 37.2. The second kappa shape index (κ2) is 18.1. The van der Waals surface area contributed by atoms with E-state index in [2.05, 4.69) is 38.2 Å². The standard InChI is InChI=1S/C14H20N3O7P.C13H18N3O8P/c1-25(21,22)23-5-3-2-4-9-7-17(14(20)16-13(9)15)12-6-10(19)11(8-18)24-12;14-12-8(3-1-2-4-23-25(20,21)22)6-16(13(19)15-12)11-5-9(18)10(7-17)24-11/h7,10-12,18-19H,3,5-6,8H2,1H3,(H,21,22)(H2,15,16,20);6,9-11,17-18H,2,4-5,7H2,(H2,14,15,19)(H2,20,21,22). The Bertz CT molecular complexity index is 1690. The summed E-state index contributed by atoms with van der Waals surface area (Å²) in [5.41, 5.74) is 10.5. The Balaban J connectivity index is 0.000000270. The first-order valence-electron chi connectivity index (χ1n) is 14.7. The van der Waals surface area contributed by atoms with E-state index >= 15 is 0 Å². The fourth-order valence-electron chi connectivity index (χ4n) is 4.47. The fraction of sp³-hybridized carbons (Fsp3) is 0.556. The molecule has 2 aromatic rings. The molecule has 0 aliphatic carbocycles. The molecule has 23 heteroatoms. The van der Waals surface area contributed by atoms with Gasteiger partial charge in [0.1, 0.15) is 36.3 Å². The van der Waals surface area contributed by atoms with Crippen molar-refractivity contribution in [3.63, 3.8) is 0 Å². The molecule has 0 bridgehead atoms. The van der Waals surface area contributed by atoms with Crippen LogP contribution in [0.3, 0.4) is 0 Å². The number of nitrogen functional groups attached to an aromatic ring is 2. The smallest absolute Gasteiger partial charge is 0.394 e. The van der Waals surface area contributed by atoms with Crippen LogP contribution in [0, 0.1) is 23.7 Å². The van der Waals surface area contributed by atoms with Gasteiger partial charge in [-0.05, 0) is 0 Å². The van der Waals surface area contributed by atoms with Crippen LogP contribution in [0.5, 0.6) is 0 Å². The Morgan fingerprint density at radius 2 is 1.22 bits per heavy atom. The van der Waals surface area contributed by atoms with Gasteiger partial charge >= 0.3 is 26.8 Å². The van der Waals surface area contributed by atoms with Crippen LogP contribution in [0.2, 0.25) is 0 Å². The Morgan fingerprint density at radius 1 is 0.820 bits per heavy atom. The van der Waals surface area contributed by atoms with Crippen molar-refractivity contribution in [2.75, 3.05) is 44.6 Å². The predicted octanol–water partition coefficient (Wildman–Crippen LogP) is -2.64. The van der Waals surface area contributed by atoms with Crippen molar-refractivity contribution in [2.24, 2.45) is 0 Å². The van der Waals surface area contributed by atoms with Crippen molar-refractivity contribution < 1.29 is 62.8 Å². The first-order chi connectivity index (χ1) is 23.4. The van der Waals surface area contributed by atoms with Gasteiger partial charge in [0.15, 0.2) is 0 Å². The summed E-state index contributed by atoms with van der Waals surface area (Å²) in [6.07, 6.45) is -1.86. The molecule has 2 aliphatic rings. The summed E-state index contributed by atoms with van der Waals surface area (Å²) in [4.78, 5) is 57.4. The van der Waals surface area contributed by atoms with E-state index in [1.165, 1.54) is 12.4 Å². The van der Waals surface area contributed by atoms with Crippen LogP contribution in [0.15, 0.2) is 22.0 Å². The lowest BCUT2D eigenvalue weighted by Crippen LogP contribution is -2.28. The molecule has 2 fully saturated rings. The first-order valence-corrected chi connectivity index (χ1v) is 18.3. The van der Waals surface area contributed by atoms with Gasteiger partial charge in [0.05, 0.1) is 49.8 Å². The summed E-state index contributed by atoms with van der Waals surface area (Å²) in [6.45, 7) is 0.0172. The third-order valence-corrected chi connectivity index (χ3v) is 8.02. The van der Waals surface area contributed by atoms with E-state index in [0.29, 0.717) is 0 Å². The minimum atomic E-state index is -4.54. The third kappa shape index (κ3) is 12.4. The molecule has 2 aliphatic heterocycles. The molecule has 50 heavy (non-hydrogen) atoms. The molecule has 0 amide bonds. The van der Waals surface area contributed by atoms with Gasteiger partial charge in [-0.2, -0.15) is 9.97 Å². The second-order valence-electron chi connectivity index (χ2n) is 10.8. The lowest BCUT2D eigenvalue weighted by atomic mass is 10.2. The number of aliphatic hydroxyl groups excluding tert-OH is 4. The SMILES string of the molecule is CP(=O)(O)OCCC#Cc1cn(C2CC(O)C(CO)O2)c(=O)nc1N.Nc1nc(=O)n(C2CC(O)C(CO)O2)cc1C#CCCOP(=O)(O)O. The largest absolute Gasteiger partial charge is 0.469 e. The van der Waals surface area contributed by atoms with Crippen molar-refractivity contribution in [1.29, 1.82) is 0 Å².